The fraction of sp³-hybridized carbons (Fsp3) is 0.238. The van der Waals surface area contributed by atoms with Gasteiger partial charge in [-0.3, -0.25) is 0 Å². The lowest BCUT2D eigenvalue weighted by Gasteiger charge is -2.14. The summed E-state index contributed by atoms with van der Waals surface area (Å²) in [5, 5.41) is 7.09. The van der Waals surface area contributed by atoms with Gasteiger partial charge in [-0.25, -0.2) is 9.97 Å². The topological polar surface area (TPSA) is 68.3 Å². The van der Waals surface area contributed by atoms with Crippen LogP contribution >= 0.6 is 11.6 Å². The summed E-state index contributed by atoms with van der Waals surface area (Å²) in [7, 11) is 3.16. The van der Waals surface area contributed by atoms with Crippen LogP contribution in [0.1, 0.15) is 11.4 Å². The number of hydrogen-bond donors (Lipinski definition) is 2. The second-order valence-electron chi connectivity index (χ2n) is 6.16. The van der Waals surface area contributed by atoms with Crippen molar-refractivity contribution in [2.24, 2.45) is 0 Å². The Hall–Kier alpha value is -2.99. The molecule has 0 fully saturated rings. The van der Waals surface area contributed by atoms with Gasteiger partial charge < -0.3 is 20.1 Å². The number of anilines is 3. The molecule has 3 aromatic rings. The number of aryl methyl sites for hydroxylation is 1. The van der Waals surface area contributed by atoms with Crippen molar-refractivity contribution in [2.45, 2.75) is 13.3 Å². The van der Waals surface area contributed by atoms with Crippen molar-refractivity contribution in [3.8, 4) is 11.5 Å². The minimum Gasteiger partial charge on any atom is -0.495 e. The molecule has 146 valence electrons. The van der Waals surface area contributed by atoms with Crippen LogP contribution in [0.4, 0.5) is 17.3 Å². The Labute approximate surface area is 169 Å². The minimum atomic E-state index is 0.479. The van der Waals surface area contributed by atoms with Crippen LogP contribution in [0.15, 0.2) is 48.5 Å². The molecule has 0 aliphatic carbocycles. The van der Waals surface area contributed by atoms with Crippen molar-refractivity contribution in [1.82, 2.24) is 9.97 Å². The van der Waals surface area contributed by atoms with E-state index in [1.54, 1.807) is 26.4 Å². The van der Waals surface area contributed by atoms with E-state index in [1.807, 2.05) is 31.2 Å². The van der Waals surface area contributed by atoms with E-state index in [4.69, 9.17) is 21.1 Å². The molecule has 0 radical (unpaired) electrons. The summed E-state index contributed by atoms with van der Waals surface area (Å²) in [6.45, 7) is 2.63. The number of aromatic nitrogens is 2. The van der Waals surface area contributed by atoms with Gasteiger partial charge in [-0.2, -0.15) is 0 Å². The third-order valence-corrected chi connectivity index (χ3v) is 4.43. The fourth-order valence-corrected chi connectivity index (χ4v) is 3.03. The smallest absolute Gasteiger partial charge is 0.144 e. The number of nitrogens with one attached hydrogen (secondary N) is 2. The van der Waals surface area contributed by atoms with Crippen molar-refractivity contribution in [3.63, 3.8) is 0 Å². The molecule has 0 aliphatic rings. The zero-order valence-electron chi connectivity index (χ0n) is 16.1. The van der Waals surface area contributed by atoms with E-state index >= 15 is 0 Å². The summed E-state index contributed by atoms with van der Waals surface area (Å²) < 4.78 is 10.7. The van der Waals surface area contributed by atoms with Crippen LogP contribution in [-0.2, 0) is 6.42 Å². The molecule has 1 aromatic heterocycles. The fourth-order valence-electron chi connectivity index (χ4n) is 2.80. The monoisotopic (exact) mass is 398 g/mol. The van der Waals surface area contributed by atoms with E-state index in [0.717, 1.165) is 18.8 Å². The van der Waals surface area contributed by atoms with Gasteiger partial charge in [0, 0.05) is 24.7 Å². The molecular weight excluding hydrogens is 376 g/mol. The first-order valence-corrected chi connectivity index (χ1v) is 9.29. The van der Waals surface area contributed by atoms with Crippen LogP contribution in [0.2, 0.25) is 5.02 Å². The van der Waals surface area contributed by atoms with E-state index < -0.39 is 0 Å². The van der Waals surface area contributed by atoms with Gasteiger partial charge in [0.1, 0.15) is 29.0 Å². The second-order valence-corrected chi connectivity index (χ2v) is 6.57. The third-order valence-electron chi connectivity index (χ3n) is 4.14. The molecule has 0 spiro atoms. The van der Waals surface area contributed by atoms with Crippen molar-refractivity contribution >= 4 is 28.9 Å². The van der Waals surface area contributed by atoms with E-state index in [2.05, 4.69) is 32.7 Å². The minimum absolute atomic E-state index is 0.479. The Morgan fingerprint density at radius 3 is 2.36 bits per heavy atom. The normalized spacial score (nSPS) is 10.4. The lowest BCUT2D eigenvalue weighted by Crippen LogP contribution is -2.08. The number of nitrogens with zero attached hydrogens (tertiary/aromatic N) is 2. The molecule has 0 amide bonds. The van der Waals surface area contributed by atoms with Crippen LogP contribution < -0.4 is 20.1 Å². The standard InChI is InChI=1S/C21H23ClN4O2/c1-14-24-20(23-10-9-15-7-5-4-6-8-15)13-21(25-14)26-17-12-18(27-2)16(22)11-19(17)28-3/h4-8,11-13H,9-10H2,1-3H3,(H2,23,24,25,26). The molecule has 0 atom stereocenters. The summed E-state index contributed by atoms with van der Waals surface area (Å²) in [5.41, 5.74) is 1.98. The number of halogens is 1. The van der Waals surface area contributed by atoms with Gasteiger partial charge in [0.15, 0.2) is 0 Å². The average molecular weight is 399 g/mol. The summed E-state index contributed by atoms with van der Waals surface area (Å²) in [6, 6.07) is 15.7. The zero-order valence-corrected chi connectivity index (χ0v) is 16.9. The maximum Gasteiger partial charge on any atom is 0.144 e. The molecule has 0 saturated heterocycles. The van der Waals surface area contributed by atoms with Crippen molar-refractivity contribution in [2.75, 3.05) is 31.4 Å². The molecule has 0 aliphatic heterocycles. The quantitative estimate of drug-likeness (QED) is 0.565. The van der Waals surface area contributed by atoms with Crippen molar-refractivity contribution in [3.05, 3.63) is 64.9 Å². The maximum atomic E-state index is 6.17. The second kappa shape index (κ2) is 9.28. The summed E-state index contributed by atoms with van der Waals surface area (Å²) in [6.07, 6.45) is 0.912. The molecule has 7 heteroatoms. The highest BCUT2D eigenvalue weighted by Crippen LogP contribution is 2.37. The van der Waals surface area contributed by atoms with Gasteiger partial charge in [0.25, 0.3) is 0 Å². The first-order chi connectivity index (χ1) is 13.6. The zero-order chi connectivity index (χ0) is 19.9. The van der Waals surface area contributed by atoms with E-state index in [1.165, 1.54) is 5.56 Å². The van der Waals surface area contributed by atoms with E-state index in [9.17, 15) is 0 Å². The van der Waals surface area contributed by atoms with Crippen LogP contribution in [0.25, 0.3) is 0 Å². The van der Waals surface area contributed by atoms with Crippen LogP contribution in [0.5, 0.6) is 11.5 Å². The van der Waals surface area contributed by atoms with Gasteiger partial charge >= 0.3 is 0 Å². The van der Waals surface area contributed by atoms with Gasteiger partial charge in [0.2, 0.25) is 0 Å². The number of ether oxygens (including phenoxy) is 2. The highest BCUT2D eigenvalue weighted by molar-refractivity contribution is 6.32. The number of hydrogen-bond acceptors (Lipinski definition) is 6. The first kappa shape index (κ1) is 19.8. The van der Waals surface area contributed by atoms with Gasteiger partial charge in [-0.1, -0.05) is 41.9 Å². The maximum absolute atomic E-state index is 6.17. The molecule has 0 bridgehead atoms. The molecule has 0 saturated carbocycles. The first-order valence-electron chi connectivity index (χ1n) is 8.91. The number of benzene rings is 2. The molecule has 2 N–H and O–H groups in total. The van der Waals surface area contributed by atoms with Crippen molar-refractivity contribution in [1.29, 1.82) is 0 Å². The predicted octanol–water partition coefficient (Wildman–Crippen LogP) is 4.85. The molecule has 6 nitrogen and oxygen atoms in total. The summed E-state index contributed by atoms with van der Waals surface area (Å²) >= 11 is 6.17. The van der Waals surface area contributed by atoms with E-state index in [0.29, 0.717) is 33.9 Å². The van der Waals surface area contributed by atoms with E-state index in [-0.39, 0.29) is 0 Å². The van der Waals surface area contributed by atoms with Crippen LogP contribution in [0, 0.1) is 6.92 Å². The largest absolute Gasteiger partial charge is 0.495 e. The molecule has 1 heterocycles. The number of methoxy groups -OCH3 is 2. The highest BCUT2D eigenvalue weighted by Gasteiger charge is 2.11. The summed E-state index contributed by atoms with van der Waals surface area (Å²) in [4.78, 5) is 8.91. The Balaban J connectivity index is 1.74. The van der Waals surface area contributed by atoms with Crippen LogP contribution in [-0.4, -0.2) is 30.7 Å². The Bertz CT molecular complexity index is 935. The molecule has 0 unspecified atom stereocenters. The van der Waals surface area contributed by atoms with Gasteiger partial charge in [-0.15, -0.1) is 0 Å². The Morgan fingerprint density at radius 2 is 1.64 bits per heavy atom. The van der Waals surface area contributed by atoms with Gasteiger partial charge in [-0.05, 0) is 18.9 Å². The van der Waals surface area contributed by atoms with Crippen LogP contribution in [0.3, 0.4) is 0 Å². The SMILES string of the molecule is COc1cc(Nc2cc(NCCc3ccccc3)nc(C)n2)c(OC)cc1Cl. The lowest BCUT2D eigenvalue weighted by molar-refractivity contribution is 0.405. The molecule has 3 rings (SSSR count). The molecule has 28 heavy (non-hydrogen) atoms. The highest BCUT2D eigenvalue weighted by atomic mass is 35.5. The Kier molecular flexibility index (Phi) is 6.55. The lowest BCUT2D eigenvalue weighted by atomic mass is 10.1. The Morgan fingerprint density at radius 1 is 0.929 bits per heavy atom. The van der Waals surface area contributed by atoms with Crippen molar-refractivity contribution < 1.29 is 9.47 Å². The molecular formula is C21H23ClN4O2. The van der Waals surface area contributed by atoms with Gasteiger partial charge in [0.05, 0.1) is 24.9 Å². The predicted molar refractivity (Wildman–Crippen MR) is 113 cm³/mol. The number of rotatable bonds is 8. The molecule has 2 aromatic carbocycles. The average Bonchev–Trinajstić information content (AvgIpc) is 2.69. The summed E-state index contributed by atoms with van der Waals surface area (Å²) in [5.74, 6) is 3.22. The third kappa shape index (κ3) is 5.04.